The Labute approximate surface area is 102 Å². The van der Waals surface area contributed by atoms with E-state index >= 15 is 0 Å². The van der Waals surface area contributed by atoms with Crippen LogP contribution in [0.15, 0.2) is 24.4 Å². The van der Waals surface area contributed by atoms with Gasteiger partial charge in [-0.2, -0.15) is 0 Å². The summed E-state index contributed by atoms with van der Waals surface area (Å²) in [6, 6.07) is 4.35. The second-order valence-corrected chi connectivity index (χ2v) is 3.72. The number of aryl methyl sites for hydroxylation is 1. The minimum absolute atomic E-state index is 0.0799. The summed E-state index contributed by atoms with van der Waals surface area (Å²) in [5.74, 6) is -1.12. The van der Waals surface area contributed by atoms with Crippen molar-refractivity contribution in [2.75, 3.05) is 7.11 Å². The lowest BCUT2D eigenvalue weighted by molar-refractivity contribution is 0.0691. The number of nitrogens with zero attached hydrogens (tertiary/aromatic N) is 2. The number of benzene rings is 1. The zero-order valence-corrected chi connectivity index (χ0v) is 9.85. The molecule has 1 N–H and O–H groups in total. The summed E-state index contributed by atoms with van der Waals surface area (Å²) >= 11 is 0. The van der Waals surface area contributed by atoms with Gasteiger partial charge in [0.1, 0.15) is 5.82 Å². The molecule has 1 aromatic heterocycles. The number of halogens is 1. The van der Waals surface area contributed by atoms with Crippen LogP contribution < -0.4 is 4.74 Å². The Morgan fingerprint density at radius 1 is 1.50 bits per heavy atom. The first-order valence-electron chi connectivity index (χ1n) is 5.13. The summed E-state index contributed by atoms with van der Waals surface area (Å²) in [6.45, 7) is 0. The molecule has 5 nitrogen and oxygen atoms in total. The molecule has 0 spiro atoms. The van der Waals surface area contributed by atoms with Gasteiger partial charge in [0, 0.05) is 18.8 Å². The Bertz CT molecular complexity index is 607. The summed E-state index contributed by atoms with van der Waals surface area (Å²) in [7, 11) is 3.03. The Morgan fingerprint density at radius 3 is 2.72 bits per heavy atom. The van der Waals surface area contributed by atoms with Crippen molar-refractivity contribution in [2.45, 2.75) is 0 Å². The predicted octanol–water partition coefficient (Wildman–Crippen LogP) is 1.93. The van der Waals surface area contributed by atoms with Crippen molar-refractivity contribution in [3.8, 4) is 17.1 Å². The third-order valence-electron chi connectivity index (χ3n) is 2.51. The fraction of sp³-hybridized carbons (Fsp3) is 0.167. The highest BCUT2D eigenvalue weighted by molar-refractivity contribution is 5.86. The zero-order valence-electron chi connectivity index (χ0n) is 9.85. The first-order chi connectivity index (χ1) is 8.52. The lowest BCUT2D eigenvalue weighted by Gasteiger charge is -2.05. The van der Waals surface area contributed by atoms with E-state index in [0.29, 0.717) is 11.4 Å². The van der Waals surface area contributed by atoms with E-state index in [4.69, 9.17) is 9.84 Å². The quantitative estimate of drug-likeness (QED) is 0.904. The molecule has 0 radical (unpaired) electrons. The average molecular weight is 250 g/mol. The van der Waals surface area contributed by atoms with Gasteiger partial charge >= 0.3 is 5.97 Å². The number of imidazole rings is 1. The van der Waals surface area contributed by atoms with Gasteiger partial charge in [-0.15, -0.1) is 0 Å². The Balaban J connectivity index is 2.48. The van der Waals surface area contributed by atoms with Crippen LogP contribution in [0.4, 0.5) is 4.39 Å². The standard InChI is InChI=1S/C12H11FN2O3/c1-15-6-9(12(16)17)14-11(15)7-3-4-10(18-2)8(13)5-7/h3-6H,1-2H3,(H,16,17). The topological polar surface area (TPSA) is 64.3 Å². The number of methoxy groups -OCH3 is 1. The van der Waals surface area contributed by atoms with Gasteiger partial charge in [0.05, 0.1) is 7.11 Å². The summed E-state index contributed by atoms with van der Waals surface area (Å²) in [6.07, 6.45) is 1.37. The van der Waals surface area contributed by atoms with Crippen LogP contribution in [0.3, 0.4) is 0 Å². The van der Waals surface area contributed by atoms with Crippen molar-refractivity contribution in [3.05, 3.63) is 35.9 Å². The van der Waals surface area contributed by atoms with Crippen LogP contribution in [0.2, 0.25) is 0 Å². The fourth-order valence-electron chi connectivity index (χ4n) is 1.64. The molecular weight excluding hydrogens is 239 g/mol. The number of carbonyl (C=O) groups is 1. The van der Waals surface area contributed by atoms with Crippen molar-refractivity contribution in [3.63, 3.8) is 0 Å². The molecule has 2 aromatic rings. The fourth-order valence-corrected chi connectivity index (χ4v) is 1.64. The second kappa shape index (κ2) is 4.48. The number of hydrogen-bond acceptors (Lipinski definition) is 3. The summed E-state index contributed by atoms with van der Waals surface area (Å²) in [5, 5.41) is 8.84. The molecule has 0 saturated carbocycles. The van der Waals surface area contributed by atoms with Gasteiger partial charge in [-0.1, -0.05) is 0 Å². The van der Waals surface area contributed by atoms with Gasteiger partial charge in [0.15, 0.2) is 17.3 Å². The number of ether oxygens (including phenoxy) is 1. The number of carboxylic acid groups (broad SMARTS) is 1. The Hall–Kier alpha value is -2.37. The van der Waals surface area contributed by atoms with Gasteiger partial charge in [-0.25, -0.2) is 14.2 Å². The highest BCUT2D eigenvalue weighted by atomic mass is 19.1. The monoisotopic (exact) mass is 250 g/mol. The minimum Gasteiger partial charge on any atom is -0.494 e. The van der Waals surface area contributed by atoms with Crippen molar-refractivity contribution in [1.29, 1.82) is 0 Å². The van der Waals surface area contributed by atoms with E-state index in [9.17, 15) is 9.18 Å². The molecule has 0 bridgehead atoms. The first-order valence-corrected chi connectivity index (χ1v) is 5.13. The molecule has 0 aliphatic carbocycles. The molecule has 94 valence electrons. The number of aromatic nitrogens is 2. The predicted molar refractivity (Wildman–Crippen MR) is 62.1 cm³/mol. The van der Waals surface area contributed by atoms with Gasteiger partial charge in [0.2, 0.25) is 0 Å². The molecule has 0 unspecified atom stereocenters. The SMILES string of the molecule is COc1ccc(-c2nc(C(=O)O)cn2C)cc1F. The van der Waals surface area contributed by atoms with Crippen LogP contribution in [0, 0.1) is 5.82 Å². The average Bonchev–Trinajstić information content (AvgIpc) is 2.71. The van der Waals surface area contributed by atoms with Crippen molar-refractivity contribution in [1.82, 2.24) is 9.55 Å². The largest absolute Gasteiger partial charge is 0.494 e. The maximum Gasteiger partial charge on any atom is 0.356 e. The molecule has 2 rings (SSSR count). The van der Waals surface area contributed by atoms with E-state index in [2.05, 4.69) is 4.98 Å². The molecule has 1 heterocycles. The van der Waals surface area contributed by atoms with Crippen LogP contribution in [-0.4, -0.2) is 27.7 Å². The smallest absolute Gasteiger partial charge is 0.356 e. The van der Waals surface area contributed by atoms with Crippen LogP contribution in [0.25, 0.3) is 11.4 Å². The molecule has 1 aromatic carbocycles. The molecular formula is C12H11FN2O3. The number of aromatic carboxylic acids is 1. The molecule has 0 fully saturated rings. The maximum absolute atomic E-state index is 13.6. The van der Waals surface area contributed by atoms with E-state index in [1.807, 2.05) is 0 Å². The van der Waals surface area contributed by atoms with Gasteiger partial charge in [-0.05, 0) is 18.2 Å². The Kier molecular flexibility index (Phi) is 3.01. The van der Waals surface area contributed by atoms with Crippen molar-refractivity contribution >= 4 is 5.97 Å². The summed E-state index contributed by atoms with van der Waals surface area (Å²) in [4.78, 5) is 14.7. The van der Waals surface area contributed by atoms with Gasteiger partial charge < -0.3 is 14.4 Å². The highest BCUT2D eigenvalue weighted by Crippen LogP contribution is 2.24. The first kappa shape index (κ1) is 12.1. The third-order valence-corrected chi connectivity index (χ3v) is 2.51. The van der Waals surface area contributed by atoms with E-state index in [-0.39, 0.29) is 11.4 Å². The Morgan fingerprint density at radius 2 is 2.22 bits per heavy atom. The second-order valence-electron chi connectivity index (χ2n) is 3.72. The minimum atomic E-state index is -1.12. The van der Waals surface area contributed by atoms with E-state index in [0.717, 1.165) is 0 Å². The lowest BCUT2D eigenvalue weighted by atomic mass is 10.2. The third kappa shape index (κ3) is 2.04. The van der Waals surface area contributed by atoms with Crippen LogP contribution >= 0.6 is 0 Å². The molecule has 0 saturated heterocycles. The van der Waals surface area contributed by atoms with Crippen LogP contribution in [0.5, 0.6) is 5.75 Å². The van der Waals surface area contributed by atoms with E-state index < -0.39 is 11.8 Å². The van der Waals surface area contributed by atoms with Gasteiger partial charge in [0.25, 0.3) is 0 Å². The number of carboxylic acids is 1. The molecule has 0 atom stereocenters. The van der Waals surface area contributed by atoms with Crippen LogP contribution in [0.1, 0.15) is 10.5 Å². The normalized spacial score (nSPS) is 10.4. The zero-order chi connectivity index (χ0) is 13.3. The highest BCUT2D eigenvalue weighted by Gasteiger charge is 2.14. The molecule has 6 heteroatoms. The number of hydrogen-bond donors (Lipinski definition) is 1. The summed E-state index contributed by atoms with van der Waals surface area (Å²) < 4.78 is 19.9. The molecule has 0 aliphatic heterocycles. The van der Waals surface area contributed by atoms with Gasteiger partial charge in [-0.3, -0.25) is 0 Å². The van der Waals surface area contributed by atoms with Crippen molar-refractivity contribution < 1.29 is 19.0 Å². The molecule has 18 heavy (non-hydrogen) atoms. The molecule has 0 aliphatic rings. The number of rotatable bonds is 3. The molecule has 0 amide bonds. The maximum atomic E-state index is 13.6. The van der Waals surface area contributed by atoms with Crippen molar-refractivity contribution in [2.24, 2.45) is 7.05 Å². The summed E-state index contributed by atoms with van der Waals surface area (Å²) in [5.41, 5.74) is 0.409. The van der Waals surface area contributed by atoms with Crippen LogP contribution in [-0.2, 0) is 7.05 Å². The van der Waals surface area contributed by atoms with E-state index in [1.54, 1.807) is 13.1 Å². The lowest BCUT2D eigenvalue weighted by Crippen LogP contribution is -1.95. The van der Waals surface area contributed by atoms with E-state index in [1.165, 1.54) is 30.0 Å².